The molecule has 0 fully saturated rings. The maximum atomic E-state index is 13.1. The van der Waals surface area contributed by atoms with Crippen molar-refractivity contribution in [2.45, 2.75) is 91.5 Å². The zero-order chi connectivity index (χ0) is 30.5. The van der Waals surface area contributed by atoms with E-state index in [9.17, 15) is 28.4 Å². The number of ketones is 1. The van der Waals surface area contributed by atoms with Gasteiger partial charge >= 0.3 is 6.09 Å². The lowest BCUT2D eigenvalue weighted by Gasteiger charge is -2.25. The number of amides is 4. The fourth-order valence-corrected chi connectivity index (χ4v) is 3.86. The molecule has 0 aliphatic rings. The highest BCUT2D eigenvalue weighted by Crippen LogP contribution is 2.11. The van der Waals surface area contributed by atoms with Crippen molar-refractivity contribution in [3.63, 3.8) is 0 Å². The fraction of sp³-hybridized carbons (Fsp3) is 0.621. The van der Waals surface area contributed by atoms with E-state index in [0.29, 0.717) is 0 Å². The summed E-state index contributed by atoms with van der Waals surface area (Å²) in [6.07, 6.45) is -0.0902. The molecular weight excluding hydrogens is 519 g/mol. The van der Waals surface area contributed by atoms with Gasteiger partial charge in [-0.2, -0.15) is 0 Å². The molecule has 0 saturated carbocycles. The Kier molecular flexibility index (Phi) is 14.3. The summed E-state index contributed by atoms with van der Waals surface area (Å²) in [5.41, 5.74) is 0.0165. The van der Waals surface area contributed by atoms with Gasteiger partial charge in [0.1, 0.15) is 24.4 Å². The van der Waals surface area contributed by atoms with Gasteiger partial charge in [0.05, 0.1) is 12.6 Å². The number of nitrogens with one attached hydrogen (secondary N) is 4. The van der Waals surface area contributed by atoms with Crippen molar-refractivity contribution in [3.8, 4) is 0 Å². The van der Waals surface area contributed by atoms with Crippen LogP contribution in [0.15, 0.2) is 30.3 Å². The van der Waals surface area contributed by atoms with Gasteiger partial charge in [0.2, 0.25) is 17.7 Å². The summed E-state index contributed by atoms with van der Waals surface area (Å²) in [6, 6.07) is 6.02. The van der Waals surface area contributed by atoms with Gasteiger partial charge in [-0.25, -0.2) is 9.18 Å². The number of benzene rings is 1. The van der Waals surface area contributed by atoms with E-state index in [1.54, 1.807) is 45.0 Å². The average Bonchev–Trinajstić information content (AvgIpc) is 2.84. The molecule has 0 heterocycles. The van der Waals surface area contributed by atoms with Crippen molar-refractivity contribution < 1.29 is 33.1 Å². The highest BCUT2D eigenvalue weighted by Gasteiger charge is 2.29. The Morgan fingerprint density at radius 1 is 0.800 bits per heavy atom. The predicted molar refractivity (Wildman–Crippen MR) is 150 cm³/mol. The molecule has 1 aromatic rings. The average molecular weight is 565 g/mol. The Balaban J connectivity index is 2.90. The van der Waals surface area contributed by atoms with Crippen LogP contribution in [0.1, 0.15) is 66.9 Å². The smallest absolute Gasteiger partial charge is 0.408 e. The number of carbonyl (C=O) groups is 5. The molecule has 0 aromatic heterocycles. The lowest BCUT2D eigenvalue weighted by atomic mass is 9.98. The van der Waals surface area contributed by atoms with Gasteiger partial charge in [-0.15, -0.1) is 0 Å². The summed E-state index contributed by atoms with van der Waals surface area (Å²) in [7, 11) is 0. The van der Waals surface area contributed by atoms with Crippen LogP contribution < -0.4 is 21.3 Å². The minimum absolute atomic E-state index is 0.0133. The molecule has 1 rings (SSSR count). The van der Waals surface area contributed by atoms with E-state index < -0.39 is 66.5 Å². The number of ether oxygens (including phenoxy) is 1. The standard InChI is InChI=1S/C29H45FN4O6/c1-18(2)13-21(24(35)16-30)33-27(38)22(14-19(3)4)32-25(36)17-31-26(37)23(15-20-11-9-8-10-12-20)34-28(39)40-29(5,6)7/h8-12,18-19,21-23H,13-17H2,1-7H3,(H,31,37)(H,32,36)(H,33,38)(H,34,39)/t21-,22-,23-/m0/s1. The molecule has 11 heteroatoms. The fourth-order valence-electron chi connectivity index (χ4n) is 3.86. The third-order valence-corrected chi connectivity index (χ3v) is 5.62. The van der Waals surface area contributed by atoms with Crippen LogP contribution in [-0.4, -0.2) is 66.5 Å². The molecular formula is C29H45FN4O6. The van der Waals surface area contributed by atoms with Crippen LogP contribution in [-0.2, 0) is 30.3 Å². The largest absolute Gasteiger partial charge is 0.444 e. The topological polar surface area (TPSA) is 143 Å². The third kappa shape index (κ3) is 14.0. The summed E-state index contributed by atoms with van der Waals surface area (Å²) in [5, 5.41) is 10.2. The van der Waals surface area contributed by atoms with E-state index >= 15 is 0 Å². The Morgan fingerprint density at radius 3 is 1.90 bits per heavy atom. The lowest BCUT2D eigenvalue weighted by Crippen LogP contribution is -2.55. The molecule has 0 saturated heterocycles. The molecule has 0 radical (unpaired) electrons. The number of hydrogen-bond acceptors (Lipinski definition) is 6. The first-order valence-electron chi connectivity index (χ1n) is 13.6. The second-order valence-corrected chi connectivity index (χ2v) is 11.6. The molecule has 0 bridgehead atoms. The normalized spacial score (nSPS) is 13.7. The van der Waals surface area contributed by atoms with Crippen molar-refractivity contribution in [1.82, 2.24) is 21.3 Å². The molecule has 3 atom stereocenters. The zero-order valence-corrected chi connectivity index (χ0v) is 24.6. The monoisotopic (exact) mass is 564 g/mol. The predicted octanol–water partition coefficient (Wildman–Crippen LogP) is 2.84. The minimum atomic E-state index is -1.20. The van der Waals surface area contributed by atoms with Crippen LogP contribution in [0.5, 0.6) is 0 Å². The second-order valence-electron chi connectivity index (χ2n) is 11.6. The Morgan fingerprint density at radius 2 is 1.38 bits per heavy atom. The number of rotatable bonds is 15. The van der Waals surface area contributed by atoms with Crippen LogP contribution in [0.4, 0.5) is 9.18 Å². The highest BCUT2D eigenvalue weighted by molar-refractivity contribution is 5.94. The van der Waals surface area contributed by atoms with E-state index in [4.69, 9.17) is 4.74 Å². The Labute approximate surface area is 236 Å². The molecule has 4 N–H and O–H groups in total. The Hall–Kier alpha value is -3.50. The van der Waals surface area contributed by atoms with E-state index in [2.05, 4.69) is 21.3 Å². The molecule has 224 valence electrons. The van der Waals surface area contributed by atoms with Gasteiger partial charge in [-0.05, 0) is 51.0 Å². The van der Waals surface area contributed by atoms with Gasteiger partial charge < -0.3 is 26.0 Å². The number of alkyl halides is 1. The maximum absolute atomic E-state index is 13.1. The first-order chi connectivity index (χ1) is 18.6. The first kappa shape index (κ1) is 34.5. The van der Waals surface area contributed by atoms with Crippen LogP contribution in [0, 0.1) is 11.8 Å². The SMILES string of the molecule is CC(C)C[C@H](NC(=O)[C@H](CC(C)C)NC(=O)CNC(=O)[C@H](Cc1ccccc1)NC(=O)OC(C)(C)C)C(=O)CF. The second kappa shape index (κ2) is 16.6. The van der Waals surface area contributed by atoms with Crippen molar-refractivity contribution >= 4 is 29.6 Å². The van der Waals surface area contributed by atoms with Crippen molar-refractivity contribution in [3.05, 3.63) is 35.9 Å². The molecule has 0 spiro atoms. The zero-order valence-electron chi connectivity index (χ0n) is 24.6. The maximum Gasteiger partial charge on any atom is 0.408 e. The molecule has 40 heavy (non-hydrogen) atoms. The van der Waals surface area contributed by atoms with E-state index in [1.807, 2.05) is 33.8 Å². The number of halogens is 1. The quantitative estimate of drug-likeness (QED) is 0.258. The van der Waals surface area contributed by atoms with Gasteiger partial charge in [0.25, 0.3) is 0 Å². The lowest BCUT2D eigenvalue weighted by molar-refractivity contribution is -0.132. The van der Waals surface area contributed by atoms with Crippen LogP contribution in [0.2, 0.25) is 0 Å². The van der Waals surface area contributed by atoms with Gasteiger partial charge in [0.15, 0.2) is 5.78 Å². The van der Waals surface area contributed by atoms with Crippen LogP contribution in [0.3, 0.4) is 0 Å². The highest BCUT2D eigenvalue weighted by atomic mass is 19.1. The molecule has 0 aliphatic carbocycles. The first-order valence-corrected chi connectivity index (χ1v) is 13.6. The van der Waals surface area contributed by atoms with Crippen molar-refractivity contribution in [1.29, 1.82) is 0 Å². The van der Waals surface area contributed by atoms with Crippen LogP contribution in [0.25, 0.3) is 0 Å². The number of Topliss-reactive ketones (excluding diaryl/α,β-unsaturated/α-hetero) is 1. The van der Waals surface area contributed by atoms with Gasteiger partial charge in [-0.3, -0.25) is 19.2 Å². The summed E-state index contributed by atoms with van der Waals surface area (Å²) in [5.74, 6) is -2.53. The van der Waals surface area contributed by atoms with E-state index in [-0.39, 0.29) is 31.1 Å². The Bertz CT molecular complexity index is 994. The van der Waals surface area contributed by atoms with E-state index in [1.165, 1.54) is 0 Å². The summed E-state index contributed by atoms with van der Waals surface area (Å²) in [6.45, 7) is 10.9. The summed E-state index contributed by atoms with van der Waals surface area (Å²) >= 11 is 0. The summed E-state index contributed by atoms with van der Waals surface area (Å²) < 4.78 is 18.3. The van der Waals surface area contributed by atoms with Crippen molar-refractivity contribution in [2.24, 2.45) is 11.8 Å². The molecule has 10 nitrogen and oxygen atoms in total. The van der Waals surface area contributed by atoms with Crippen LogP contribution >= 0.6 is 0 Å². The van der Waals surface area contributed by atoms with Gasteiger partial charge in [-0.1, -0.05) is 58.0 Å². The number of carbonyl (C=O) groups excluding carboxylic acids is 5. The molecule has 4 amide bonds. The van der Waals surface area contributed by atoms with E-state index in [0.717, 1.165) is 5.56 Å². The number of alkyl carbamates (subject to hydrolysis) is 1. The molecule has 0 aliphatic heterocycles. The molecule has 0 unspecified atom stereocenters. The summed E-state index contributed by atoms with van der Waals surface area (Å²) in [4.78, 5) is 63.1. The molecule has 1 aromatic carbocycles. The van der Waals surface area contributed by atoms with Gasteiger partial charge in [0, 0.05) is 6.42 Å². The van der Waals surface area contributed by atoms with Crippen molar-refractivity contribution in [2.75, 3.05) is 13.2 Å². The third-order valence-electron chi connectivity index (χ3n) is 5.62. The minimum Gasteiger partial charge on any atom is -0.444 e. The number of hydrogen-bond donors (Lipinski definition) is 4.